The van der Waals surface area contributed by atoms with Gasteiger partial charge in [0.2, 0.25) is 0 Å². The predicted octanol–water partition coefficient (Wildman–Crippen LogP) is 5.75. The molecule has 0 spiro atoms. The molecular formula is C19H36O2. The largest absolute Gasteiger partial charge is 0.300 e. The highest BCUT2D eigenvalue weighted by atomic mass is 16.1. The first kappa shape index (κ1) is 22.4. The summed E-state index contributed by atoms with van der Waals surface area (Å²) in [4.78, 5) is 21.0. The maximum Gasteiger partial charge on any atom is 0.130 e. The van der Waals surface area contributed by atoms with E-state index in [1.54, 1.807) is 13.8 Å². The SMILES string of the molecule is CC(=O)CC(C)C.CC(=O)CCC=C(C)CCCC(C)C. The molecule has 2 heteroatoms. The van der Waals surface area contributed by atoms with Crippen LogP contribution in [0.1, 0.15) is 87.0 Å². The summed E-state index contributed by atoms with van der Waals surface area (Å²) < 4.78 is 0. The van der Waals surface area contributed by atoms with Crippen molar-refractivity contribution >= 4 is 11.6 Å². The Kier molecular flexibility index (Phi) is 14.9. The fourth-order valence-electron chi connectivity index (χ4n) is 1.99. The minimum absolute atomic E-state index is 0.287. The monoisotopic (exact) mass is 296 g/mol. The molecule has 2 nitrogen and oxygen atoms in total. The van der Waals surface area contributed by atoms with E-state index in [0.29, 0.717) is 12.3 Å². The molecule has 0 aromatic heterocycles. The van der Waals surface area contributed by atoms with Crippen LogP contribution in [0.15, 0.2) is 11.6 Å². The zero-order valence-corrected chi connectivity index (χ0v) is 15.3. The van der Waals surface area contributed by atoms with E-state index >= 15 is 0 Å². The van der Waals surface area contributed by atoms with E-state index in [1.807, 2.05) is 13.8 Å². The van der Waals surface area contributed by atoms with E-state index in [2.05, 4.69) is 26.8 Å². The molecule has 0 aromatic carbocycles. The first-order valence-electron chi connectivity index (χ1n) is 8.29. The van der Waals surface area contributed by atoms with Crippen LogP contribution in [-0.4, -0.2) is 11.6 Å². The Morgan fingerprint density at radius 3 is 1.76 bits per heavy atom. The average molecular weight is 296 g/mol. The van der Waals surface area contributed by atoms with Crippen molar-refractivity contribution in [1.82, 2.24) is 0 Å². The normalized spacial score (nSPS) is 11.4. The standard InChI is InChI=1S/C13H24O.C6H12O/c1-11(2)7-5-8-12(3)9-6-10-13(4)14;1-5(2)4-6(3)7/h9,11H,5-8,10H2,1-4H3;5H,4H2,1-3H3. The van der Waals surface area contributed by atoms with E-state index in [0.717, 1.165) is 18.8 Å². The average Bonchev–Trinajstić information content (AvgIpc) is 2.26. The Morgan fingerprint density at radius 2 is 1.43 bits per heavy atom. The molecule has 0 aromatic rings. The van der Waals surface area contributed by atoms with E-state index in [4.69, 9.17) is 0 Å². The van der Waals surface area contributed by atoms with Crippen LogP contribution < -0.4 is 0 Å². The molecule has 0 aliphatic rings. The maximum atomic E-state index is 10.7. The third kappa shape index (κ3) is 24.5. The van der Waals surface area contributed by atoms with E-state index in [1.165, 1.54) is 24.8 Å². The second-order valence-corrected chi connectivity index (χ2v) is 6.88. The van der Waals surface area contributed by atoms with Gasteiger partial charge in [0, 0.05) is 12.8 Å². The van der Waals surface area contributed by atoms with Crippen LogP contribution in [0.2, 0.25) is 0 Å². The van der Waals surface area contributed by atoms with E-state index < -0.39 is 0 Å². The van der Waals surface area contributed by atoms with Crippen molar-refractivity contribution in [3.63, 3.8) is 0 Å². The molecule has 0 bridgehead atoms. The minimum Gasteiger partial charge on any atom is -0.300 e. The van der Waals surface area contributed by atoms with Crippen LogP contribution in [0.5, 0.6) is 0 Å². The number of rotatable bonds is 9. The molecule has 0 aliphatic heterocycles. The van der Waals surface area contributed by atoms with Gasteiger partial charge in [0.1, 0.15) is 11.6 Å². The van der Waals surface area contributed by atoms with Crippen molar-refractivity contribution in [1.29, 1.82) is 0 Å². The Balaban J connectivity index is 0. The number of hydrogen-bond donors (Lipinski definition) is 0. The lowest BCUT2D eigenvalue weighted by Gasteiger charge is -2.04. The van der Waals surface area contributed by atoms with Crippen LogP contribution >= 0.6 is 0 Å². The fourth-order valence-corrected chi connectivity index (χ4v) is 1.99. The van der Waals surface area contributed by atoms with Gasteiger partial charge in [-0.05, 0) is 51.9 Å². The van der Waals surface area contributed by atoms with E-state index in [9.17, 15) is 9.59 Å². The molecule has 0 heterocycles. The zero-order chi connectivity index (χ0) is 16.8. The highest BCUT2D eigenvalue weighted by molar-refractivity contribution is 5.75. The molecule has 124 valence electrons. The predicted molar refractivity (Wildman–Crippen MR) is 92.5 cm³/mol. The third-order valence-corrected chi connectivity index (χ3v) is 3.04. The molecule has 0 radical (unpaired) electrons. The topological polar surface area (TPSA) is 34.1 Å². The molecule has 0 fully saturated rings. The van der Waals surface area contributed by atoms with Crippen molar-refractivity contribution in [2.24, 2.45) is 11.8 Å². The Hall–Kier alpha value is -0.920. The lowest BCUT2D eigenvalue weighted by molar-refractivity contribution is -0.118. The summed E-state index contributed by atoms with van der Waals surface area (Å²) in [5.41, 5.74) is 1.44. The first-order valence-corrected chi connectivity index (χ1v) is 8.29. The summed E-state index contributed by atoms with van der Waals surface area (Å²) in [5, 5.41) is 0. The summed E-state index contributed by atoms with van der Waals surface area (Å²) in [5.74, 6) is 1.91. The Bertz CT molecular complexity index is 312. The quantitative estimate of drug-likeness (QED) is 0.508. The van der Waals surface area contributed by atoms with Crippen molar-refractivity contribution in [2.75, 3.05) is 0 Å². The van der Waals surface area contributed by atoms with Gasteiger partial charge in [-0.25, -0.2) is 0 Å². The van der Waals surface area contributed by atoms with Crippen molar-refractivity contribution in [3.8, 4) is 0 Å². The molecule has 0 saturated heterocycles. The van der Waals surface area contributed by atoms with Gasteiger partial charge in [-0.1, -0.05) is 45.8 Å². The zero-order valence-electron chi connectivity index (χ0n) is 15.3. The van der Waals surface area contributed by atoms with Crippen LogP contribution in [-0.2, 0) is 9.59 Å². The minimum atomic E-state index is 0.287. The second-order valence-electron chi connectivity index (χ2n) is 6.88. The summed E-state index contributed by atoms with van der Waals surface area (Å²) in [6.07, 6.45) is 8.32. The molecule has 0 atom stereocenters. The second kappa shape index (κ2) is 14.0. The number of Topliss-reactive ketones (excluding diaryl/α,β-unsaturated/α-hetero) is 2. The number of hydrogen-bond acceptors (Lipinski definition) is 2. The van der Waals surface area contributed by atoms with Crippen LogP contribution in [0.4, 0.5) is 0 Å². The van der Waals surface area contributed by atoms with Gasteiger partial charge in [-0.2, -0.15) is 0 Å². The molecule has 0 unspecified atom stereocenters. The van der Waals surface area contributed by atoms with Gasteiger partial charge in [0.15, 0.2) is 0 Å². The van der Waals surface area contributed by atoms with Gasteiger partial charge in [0.05, 0.1) is 0 Å². The molecule has 21 heavy (non-hydrogen) atoms. The number of carbonyl (C=O) groups is 2. The summed E-state index contributed by atoms with van der Waals surface area (Å²) in [6, 6.07) is 0. The van der Waals surface area contributed by atoms with Gasteiger partial charge < -0.3 is 9.59 Å². The Labute approximate surface area is 132 Å². The molecule has 0 saturated carbocycles. The van der Waals surface area contributed by atoms with Crippen LogP contribution in [0.25, 0.3) is 0 Å². The highest BCUT2D eigenvalue weighted by Crippen LogP contribution is 2.12. The molecular weight excluding hydrogens is 260 g/mol. The van der Waals surface area contributed by atoms with Gasteiger partial charge in [-0.15, -0.1) is 0 Å². The first-order chi connectivity index (χ1) is 9.65. The highest BCUT2D eigenvalue weighted by Gasteiger charge is 1.96. The maximum absolute atomic E-state index is 10.7. The molecule has 0 N–H and O–H groups in total. The lowest BCUT2D eigenvalue weighted by Crippen LogP contribution is -1.95. The van der Waals surface area contributed by atoms with Gasteiger partial charge in [-0.3, -0.25) is 0 Å². The third-order valence-electron chi connectivity index (χ3n) is 3.04. The smallest absolute Gasteiger partial charge is 0.130 e. The Morgan fingerprint density at radius 1 is 0.857 bits per heavy atom. The molecule has 0 rings (SSSR count). The number of ketones is 2. The lowest BCUT2D eigenvalue weighted by atomic mass is 10.0. The van der Waals surface area contributed by atoms with Gasteiger partial charge in [0.25, 0.3) is 0 Å². The number of carbonyl (C=O) groups excluding carboxylic acids is 2. The van der Waals surface area contributed by atoms with Gasteiger partial charge >= 0.3 is 0 Å². The number of allylic oxidation sites excluding steroid dienone is 2. The van der Waals surface area contributed by atoms with Crippen molar-refractivity contribution in [2.45, 2.75) is 87.0 Å². The van der Waals surface area contributed by atoms with Crippen LogP contribution in [0, 0.1) is 11.8 Å². The molecule has 0 aliphatic carbocycles. The summed E-state index contributed by atoms with van der Waals surface area (Å²) in [7, 11) is 0. The van der Waals surface area contributed by atoms with E-state index in [-0.39, 0.29) is 11.6 Å². The van der Waals surface area contributed by atoms with Crippen molar-refractivity contribution < 1.29 is 9.59 Å². The fraction of sp³-hybridized carbons (Fsp3) is 0.789. The summed E-state index contributed by atoms with van der Waals surface area (Å²) in [6.45, 7) is 14.1. The molecule has 0 amide bonds. The van der Waals surface area contributed by atoms with Crippen LogP contribution in [0.3, 0.4) is 0 Å². The van der Waals surface area contributed by atoms with Crippen molar-refractivity contribution in [3.05, 3.63) is 11.6 Å². The summed E-state index contributed by atoms with van der Waals surface area (Å²) >= 11 is 0.